The first-order valence-corrected chi connectivity index (χ1v) is 6.01. The standard InChI is InChI=1S/C14H17N3O/c1-4-11-5-7-12(8-6-11)15-14(18)13-9-10(2)16-17(13)3/h5-9H,4H2,1-3H3,(H,15,18). The predicted molar refractivity (Wildman–Crippen MR) is 71.7 cm³/mol. The molecule has 0 atom stereocenters. The normalized spacial score (nSPS) is 10.4. The first-order chi connectivity index (χ1) is 8.60. The highest BCUT2D eigenvalue weighted by Crippen LogP contribution is 2.12. The van der Waals surface area contributed by atoms with E-state index in [1.54, 1.807) is 17.8 Å². The zero-order valence-corrected chi connectivity index (χ0v) is 10.9. The Morgan fingerprint density at radius 2 is 2.00 bits per heavy atom. The first-order valence-electron chi connectivity index (χ1n) is 6.01. The van der Waals surface area contributed by atoms with E-state index in [0.29, 0.717) is 5.69 Å². The van der Waals surface area contributed by atoms with Gasteiger partial charge in [-0.15, -0.1) is 0 Å². The van der Waals surface area contributed by atoms with Crippen molar-refractivity contribution >= 4 is 11.6 Å². The van der Waals surface area contributed by atoms with Crippen LogP contribution in [0.1, 0.15) is 28.7 Å². The van der Waals surface area contributed by atoms with E-state index in [1.165, 1.54) is 5.56 Å². The molecule has 1 amide bonds. The second kappa shape index (κ2) is 5.04. The van der Waals surface area contributed by atoms with Crippen LogP contribution in [0, 0.1) is 6.92 Å². The third kappa shape index (κ3) is 2.59. The molecule has 0 aliphatic heterocycles. The Labute approximate surface area is 107 Å². The number of anilines is 1. The Balaban J connectivity index is 2.13. The lowest BCUT2D eigenvalue weighted by Gasteiger charge is -2.06. The van der Waals surface area contributed by atoms with Gasteiger partial charge in [0.25, 0.3) is 5.91 Å². The average molecular weight is 243 g/mol. The minimum absolute atomic E-state index is 0.137. The monoisotopic (exact) mass is 243 g/mol. The number of carbonyl (C=O) groups excluding carboxylic acids is 1. The van der Waals surface area contributed by atoms with E-state index < -0.39 is 0 Å². The lowest BCUT2D eigenvalue weighted by Crippen LogP contribution is -2.15. The summed E-state index contributed by atoms with van der Waals surface area (Å²) in [6, 6.07) is 9.64. The molecule has 2 aromatic rings. The van der Waals surface area contributed by atoms with Gasteiger partial charge in [0.2, 0.25) is 0 Å². The van der Waals surface area contributed by atoms with Crippen LogP contribution in [0.25, 0.3) is 0 Å². The van der Waals surface area contributed by atoms with E-state index in [9.17, 15) is 4.79 Å². The van der Waals surface area contributed by atoms with Gasteiger partial charge in [-0.25, -0.2) is 0 Å². The van der Waals surface area contributed by atoms with Gasteiger partial charge in [0, 0.05) is 12.7 Å². The summed E-state index contributed by atoms with van der Waals surface area (Å²) in [5, 5.41) is 7.02. The average Bonchev–Trinajstić information content (AvgIpc) is 2.69. The van der Waals surface area contributed by atoms with Crippen molar-refractivity contribution in [3.05, 3.63) is 47.3 Å². The molecule has 0 aliphatic rings. The van der Waals surface area contributed by atoms with Crippen LogP contribution in [0.15, 0.2) is 30.3 Å². The number of aromatic nitrogens is 2. The molecule has 1 aromatic heterocycles. The molecule has 0 spiro atoms. The summed E-state index contributed by atoms with van der Waals surface area (Å²) in [5.41, 5.74) is 3.46. The molecular weight excluding hydrogens is 226 g/mol. The van der Waals surface area contributed by atoms with Crippen molar-refractivity contribution in [1.82, 2.24) is 9.78 Å². The Morgan fingerprint density at radius 3 is 2.50 bits per heavy atom. The number of hydrogen-bond donors (Lipinski definition) is 1. The maximum atomic E-state index is 12.0. The molecule has 0 unspecified atom stereocenters. The van der Waals surface area contributed by atoms with Gasteiger partial charge >= 0.3 is 0 Å². The van der Waals surface area contributed by atoms with Crippen molar-refractivity contribution in [3.8, 4) is 0 Å². The Bertz CT molecular complexity index is 555. The molecule has 18 heavy (non-hydrogen) atoms. The van der Waals surface area contributed by atoms with Crippen molar-refractivity contribution in [2.75, 3.05) is 5.32 Å². The van der Waals surface area contributed by atoms with E-state index in [1.807, 2.05) is 31.2 Å². The van der Waals surface area contributed by atoms with Gasteiger partial charge in [-0.2, -0.15) is 5.10 Å². The predicted octanol–water partition coefficient (Wildman–Crippen LogP) is 2.54. The Morgan fingerprint density at radius 1 is 1.33 bits per heavy atom. The second-order valence-corrected chi connectivity index (χ2v) is 4.30. The fourth-order valence-corrected chi connectivity index (χ4v) is 1.84. The van der Waals surface area contributed by atoms with Gasteiger partial charge in [0.05, 0.1) is 5.69 Å². The molecule has 2 rings (SSSR count). The summed E-state index contributed by atoms with van der Waals surface area (Å²) in [4.78, 5) is 12.0. The van der Waals surface area contributed by atoms with E-state index in [-0.39, 0.29) is 5.91 Å². The van der Waals surface area contributed by atoms with Gasteiger partial charge in [-0.3, -0.25) is 9.48 Å². The van der Waals surface area contributed by atoms with E-state index in [2.05, 4.69) is 17.3 Å². The molecule has 1 heterocycles. The lowest BCUT2D eigenvalue weighted by molar-refractivity contribution is 0.101. The molecule has 0 bridgehead atoms. The van der Waals surface area contributed by atoms with Gasteiger partial charge in [0.15, 0.2) is 0 Å². The summed E-state index contributed by atoms with van der Waals surface area (Å²) >= 11 is 0. The molecule has 1 aromatic carbocycles. The van der Waals surface area contributed by atoms with Crippen LogP contribution in [0.4, 0.5) is 5.69 Å². The van der Waals surface area contributed by atoms with Crippen LogP contribution in [-0.2, 0) is 13.5 Å². The number of nitrogens with zero attached hydrogens (tertiary/aromatic N) is 2. The highest BCUT2D eigenvalue weighted by molar-refractivity contribution is 6.03. The van der Waals surface area contributed by atoms with Crippen molar-refractivity contribution in [1.29, 1.82) is 0 Å². The number of nitrogens with one attached hydrogen (secondary N) is 1. The third-order valence-corrected chi connectivity index (χ3v) is 2.85. The highest BCUT2D eigenvalue weighted by Gasteiger charge is 2.11. The maximum absolute atomic E-state index is 12.0. The molecule has 0 radical (unpaired) electrons. The molecule has 1 N–H and O–H groups in total. The smallest absolute Gasteiger partial charge is 0.273 e. The van der Waals surface area contributed by atoms with Crippen LogP contribution >= 0.6 is 0 Å². The topological polar surface area (TPSA) is 46.9 Å². The number of aryl methyl sites for hydroxylation is 3. The fraction of sp³-hybridized carbons (Fsp3) is 0.286. The summed E-state index contributed by atoms with van der Waals surface area (Å²) < 4.78 is 1.59. The number of amides is 1. The lowest BCUT2D eigenvalue weighted by atomic mass is 10.1. The quantitative estimate of drug-likeness (QED) is 0.900. The molecule has 0 saturated carbocycles. The zero-order chi connectivity index (χ0) is 13.1. The molecule has 4 nitrogen and oxygen atoms in total. The van der Waals surface area contributed by atoms with Crippen LogP contribution in [0.5, 0.6) is 0 Å². The summed E-state index contributed by atoms with van der Waals surface area (Å²) in [6.45, 7) is 3.97. The van der Waals surface area contributed by atoms with Gasteiger partial charge in [0.1, 0.15) is 5.69 Å². The Kier molecular flexibility index (Phi) is 3.46. The number of carbonyl (C=O) groups is 1. The molecular formula is C14H17N3O. The van der Waals surface area contributed by atoms with Gasteiger partial charge in [-0.1, -0.05) is 19.1 Å². The minimum Gasteiger partial charge on any atom is -0.321 e. The summed E-state index contributed by atoms with van der Waals surface area (Å²) in [6.07, 6.45) is 0.995. The second-order valence-electron chi connectivity index (χ2n) is 4.30. The largest absolute Gasteiger partial charge is 0.321 e. The summed E-state index contributed by atoms with van der Waals surface area (Å²) in [5.74, 6) is -0.137. The van der Waals surface area contributed by atoms with Crippen molar-refractivity contribution in [3.63, 3.8) is 0 Å². The third-order valence-electron chi connectivity index (χ3n) is 2.85. The van der Waals surface area contributed by atoms with Crippen LogP contribution in [-0.4, -0.2) is 15.7 Å². The van der Waals surface area contributed by atoms with Crippen LogP contribution < -0.4 is 5.32 Å². The molecule has 0 fully saturated rings. The van der Waals surface area contributed by atoms with Crippen molar-refractivity contribution in [2.24, 2.45) is 7.05 Å². The minimum atomic E-state index is -0.137. The molecule has 94 valence electrons. The first kappa shape index (κ1) is 12.4. The van der Waals surface area contributed by atoms with Crippen molar-refractivity contribution < 1.29 is 4.79 Å². The SMILES string of the molecule is CCc1ccc(NC(=O)c2cc(C)nn2C)cc1. The maximum Gasteiger partial charge on any atom is 0.273 e. The van der Waals surface area contributed by atoms with Crippen molar-refractivity contribution in [2.45, 2.75) is 20.3 Å². The highest BCUT2D eigenvalue weighted by atomic mass is 16.2. The fourth-order valence-electron chi connectivity index (χ4n) is 1.84. The van der Waals surface area contributed by atoms with E-state index in [4.69, 9.17) is 0 Å². The van der Waals surface area contributed by atoms with Crippen LogP contribution in [0.3, 0.4) is 0 Å². The molecule has 4 heteroatoms. The zero-order valence-electron chi connectivity index (χ0n) is 10.9. The molecule has 0 aliphatic carbocycles. The van der Waals surface area contributed by atoms with Gasteiger partial charge < -0.3 is 5.32 Å². The van der Waals surface area contributed by atoms with Crippen LogP contribution in [0.2, 0.25) is 0 Å². The molecule has 0 saturated heterocycles. The Hall–Kier alpha value is -2.10. The summed E-state index contributed by atoms with van der Waals surface area (Å²) in [7, 11) is 1.77. The van der Waals surface area contributed by atoms with Gasteiger partial charge in [-0.05, 0) is 37.1 Å². The number of rotatable bonds is 3. The number of benzene rings is 1. The van der Waals surface area contributed by atoms with E-state index in [0.717, 1.165) is 17.8 Å². The number of hydrogen-bond acceptors (Lipinski definition) is 2. The van der Waals surface area contributed by atoms with E-state index >= 15 is 0 Å².